The lowest BCUT2D eigenvalue weighted by molar-refractivity contribution is -0.387. The monoisotopic (exact) mass is 406 g/mol. The molecule has 2 aromatic carbocycles. The fourth-order valence-electron chi connectivity index (χ4n) is 2.20. The second kappa shape index (κ2) is 10.0. The van der Waals surface area contributed by atoms with Gasteiger partial charge in [-0.3, -0.25) is 14.9 Å². The molecule has 9 nitrogen and oxygen atoms in total. The summed E-state index contributed by atoms with van der Waals surface area (Å²) in [6, 6.07) is 9.49. The first-order valence-electron chi connectivity index (χ1n) is 8.60. The lowest BCUT2D eigenvalue weighted by Gasteiger charge is -2.14. The van der Waals surface area contributed by atoms with Crippen molar-refractivity contribution in [1.29, 1.82) is 0 Å². The van der Waals surface area contributed by atoms with Crippen molar-refractivity contribution < 1.29 is 33.1 Å². The van der Waals surface area contributed by atoms with Crippen molar-refractivity contribution in [3.63, 3.8) is 0 Å². The molecule has 0 saturated carbocycles. The summed E-state index contributed by atoms with van der Waals surface area (Å²) >= 11 is 0. The minimum Gasteiger partial charge on any atom is -0.494 e. The first-order valence-corrected chi connectivity index (χ1v) is 8.60. The fraction of sp³-hybridized carbons (Fsp3) is 0.263. The number of hydrogen-bond donors (Lipinski definition) is 1. The average Bonchev–Trinajstić information content (AvgIpc) is 2.68. The maximum absolute atomic E-state index is 13.3. The molecule has 0 aromatic heterocycles. The number of halogens is 1. The molecule has 2 rings (SSSR count). The number of nitrogens with zero attached hydrogens (tertiary/aromatic N) is 1. The Morgan fingerprint density at radius 2 is 1.76 bits per heavy atom. The van der Waals surface area contributed by atoms with E-state index in [2.05, 4.69) is 5.32 Å². The third-order valence-corrected chi connectivity index (χ3v) is 3.58. The lowest BCUT2D eigenvalue weighted by Crippen LogP contribution is -2.31. The van der Waals surface area contributed by atoms with Crippen LogP contribution in [0.2, 0.25) is 0 Å². The van der Waals surface area contributed by atoms with Crippen molar-refractivity contribution in [2.75, 3.05) is 18.5 Å². The number of ether oxygens (including phenoxy) is 3. The number of hydrogen-bond acceptors (Lipinski definition) is 7. The van der Waals surface area contributed by atoms with Gasteiger partial charge in [0, 0.05) is 11.8 Å². The third-order valence-electron chi connectivity index (χ3n) is 3.58. The van der Waals surface area contributed by atoms with Crippen LogP contribution in [-0.4, -0.2) is 36.1 Å². The van der Waals surface area contributed by atoms with Gasteiger partial charge in [0.1, 0.15) is 11.5 Å². The van der Waals surface area contributed by atoms with Gasteiger partial charge in [-0.1, -0.05) is 0 Å². The Hall–Kier alpha value is -3.69. The third kappa shape index (κ3) is 6.45. The van der Waals surface area contributed by atoms with E-state index in [4.69, 9.17) is 14.2 Å². The summed E-state index contributed by atoms with van der Waals surface area (Å²) in [7, 11) is 0. The van der Waals surface area contributed by atoms with Gasteiger partial charge in [-0.15, -0.1) is 0 Å². The van der Waals surface area contributed by atoms with Crippen LogP contribution in [0.25, 0.3) is 0 Å². The second-order valence-electron chi connectivity index (χ2n) is 5.74. The second-order valence-corrected chi connectivity index (χ2v) is 5.74. The molecule has 1 N–H and O–H groups in total. The Kier molecular flexibility index (Phi) is 7.47. The van der Waals surface area contributed by atoms with Crippen LogP contribution in [0.3, 0.4) is 0 Å². The highest BCUT2D eigenvalue weighted by Crippen LogP contribution is 2.22. The molecule has 0 fully saturated rings. The smallest absolute Gasteiger partial charge is 0.344 e. The Bertz CT molecular complexity index is 887. The normalized spacial score (nSPS) is 11.3. The first kappa shape index (κ1) is 21.6. The minimum atomic E-state index is -1.20. The quantitative estimate of drug-likeness (QED) is 0.386. The predicted molar refractivity (Wildman–Crippen MR) is 100 cm³/mol. The number of amides is 1. The summed E-state index contributed by atoms with van der Waals surface area (Å²) in [6.07, 6.45) is -1.20. The van der Waals surface area contributed by atoms with Gasteiger partial charge in [0.25, 0.3) is 5.91 Å². The van der Waals surface area contributed by atoms with E-state index in [0.29, 0.717) is 18.1 Å². The zero-order valence-electron chi connectivity index (χ0n) is 15.7. The molecule has 0 bridgehead atoms. The average molecular weight is 406 g/mol. The molecule has 154 valence electrons. The summed E-state index contributed by atoms with van der Waals surface area (Å²) in [5, 5.41) is 13.1. The van der Waals surface area contributed by atoms with Gasteiger partial charge in [-0.05, 0) is 50.2 Å². The topological polar surface area (TPSA) is 117 Å². The molecule has 0 aliphatic rings. The molecular weight excluding hydrogens is 387 g/mol. The molecule has 29 heavy (non-hydrogen) atoms. The summed E-state index contributed by atoms with van der Waals surface area (Å²) in [6.45, 7) is 3.28. The molecule has 0 heterocycles. The summed E-state index contributed by atoms with van der Waals surface area (Å²) in [4.78, 5) is 33.8. The van der Waals surface area contributed by atoms with Crippen LogP contribution in [0.15, 0.2) is 42.5 Å². The molecule has 10 heteroatoms. The maximum atomic E-state index is 13.3. The van der Waals surface area contributed by atoms with E-state index in [1.807, 2.05) is 6.92 Å². The maximum Gasteiger partial charge on any atom is 0.344 e. The van der Waals surface area contributed by atoms with E-state index in [1.54, 1.807) is 24.3 Å². The number of carbonyl (C=O) groups is 2. The SMILES string of the molecule is CCOc1ccc(OCC(=O)O[C@@H](C)C(=O)Nc2ccc(F)c([N+](=O)[O-])c2)cc1. The molecule has 0 radical (unpaired) electrons. The van der Waals surface area contributed by atoms with E-state index >= 15 is 0 Å². The highest BCUT2D eigenvalue weighted by Gasteiger charge is 2.20. The number of esters is 1. The number of nitro groups is 1. The van der Waals surface area contributed by atoms with Gasteiger partial charge in [-0.2, -0.15) is 4.39 Å². The van der Waals surface area contributed by atoms with Gasteiger partial charge < -0.3 is 19.5 Å². The van der Waals surface area contributed by atoms with Gasteiger partial charge in [-0.25, -0.2) is 4.79 Å². The molecule has 1 amide bonds. The summed E-state index contributed by atoms with van der Waals surface area (Å²) < 4.78 is 28.9. The Morgan fingerprint density at radius 1 is 1.14 bits per heavy atom. The van der Waals surface area contributed by atoms with Crippen molar-refractivity contribution in [3.8, 4) is 11.5 Å². The number of carbonyl (C=O) groups excluding carboxylic acids is 2. The van der Waals surface area contributed by atoms with Crippen LogP contribution in [0.1, 0.15) is 13.8 Å². The van der Waals surface area contributed by atoms with E-state index in [0.717, 1.165) is 18.2 Å². The first-order chi connectivity index (χ1) is 13.8. The number of benzene rings is 2. The number of anilines is 1. The summed E-state index contributed by atoms with van der Waals surface area (Å²) in [5.74, 6) is -1.47. The summed E-state index contributed by atoms with van der Waals surface area (Å²) in [5.41, 5.74) is -0.784. The molecular formula is C19H19FN2O7. The molecule has 0 aliphatic heterocycles. The van der Waals surface area contributed by atoms with Gasteiger partial charge >= 0.3 is 11.7 Å². The van der Waals surface area contributed by atoms with Crippen LogP contribution in [0.5, 0.6) is 11.5 Å². The highest BCUT2D eigenvalue weighted by atomic mass is 19.1. The number of rotatable bonds is 9. The number of nitro benzene ring substituents is 1. The van der Waals surface area contributed by atoms with Crippen molar-refractivity contribution >= 4 is 23.3 Å². The van der Waals surface area contributed by atoms with Crippen molar-refractivity contribution in [1.82, 2.24) is 0 Å². The minimum absolute atomic E-state index is 0.00311. The van der Waals surface area contributed by atoms with Gasteiger partial charge in [0.05, 0.1) is 11.5 Å². The van der Waals surface area contributed by atoms with E-state index < -0.39 is 41.0 Å². The van der Waals surface area contributed by atoms with E-state index in [-0.39, 0.29) is 5.69 Å². The molecule has 0 spiro atoms. The number of nitrogens with one attached hydrogen (secondary N) is 1. The van der Waals surface area contributed by atoms with Gasteiger partial charge in [0.2, 0.25) is 5.82 Å². The molecule has 1 atom stereocenters. The zero-order chi connectivity index (χ0) is 21.4. The molecule has 0 unspecified atom stereocenters. The van der Waals surface area contributed by atoms with E-state index in [9.17, 15) is 24.1 Å². The molecule has 2 aromatic rings. The van der Waals surface area contributed by atoms with Crippen molar-refractivity contribution in [2.24, 2.45) is 0 Å². The van der Waals surface area contributed by atoms with Crippen molar-refractivity contribution in [2.45, 2.75) is 20.0 Å². The van der Waals surface area contributed by atoms with Crippen LogP contribution in [0.4, 0.5) is 15.8 Å². The Morgan fingerprint density at radius 3 is 2.34 bits per heavy atom. The van der Waals surface area contributed by atoms with Gasteiger partial charge in [0.15, 0.2) is 12.7 Å². The highest BCUT2D eigenvalue weighted by molar-refractivity contribution is 5.95. The predicted octanol–water partition coefficient (Wildman–Crippen LogP) is 3.08. The van der Waals surface area contributed by atoms with Crippen LogP contribution in [-0.2, 0) is 14.3 Å². The fourth-order valence-corrected chi connectivity index (χ4v) is 2.20. The standard InChI is InChI=1S/C19H19FN2O7/c1-3-27-14-5-7-15(8-6-14)28-11-18(23)29-12(2)19(24)21-13-4-9-16(20)17(10-13)22(25)26/h4-10,12H,3,11H2,1-2H3,(H,21,24)/t12-/m0/s1. The Labute approximate surface area is 165 Å². The largest absolute Gasteiger partial charge is 0.494 e. The van der Waals surface area contributed by atoms with Crippen LogP contribution >= 0.6 is 0 Å². The zero-order valence-corrected chi connectivity index (χ0v) is 15.7. The molecule has 0 aliphatic carbocycles. The van der Waals surface area contributed by atoms with Crippen LogP contribution in [0, 0.1) is 15.9 Å². The Balaban J connectivity index is 1.84. The van der Waals surface area contributed by atoms with Crippen molar-refractivity contribution in [3.05, 3.63) is 58.4 Å². The lowest BCUT2D eigenvalue weighted by atomic mass is 10.2. The molecule has 0 saturated heterocycles. The van der Waals surface area contributed by atoms with Crippen LogP contribution < -0.4 is 14.8 Å². The van der Waals surface area contributed by atoms with E-state index in [1.165, 1.54) is 6.92 Å².